The Morgan fingerprint density at radius 2 is 1.78 bits per heavy atom. The molecule has 0 bridgehead atoms. The van der Waals surface area contributed by atoms with Crippen molar-refractivity contribution in [3.05, 3.63) is 35.4 Å². The molecule has 0 unspecified atom stereocenters. The lowest BCUT2D eigenvalue weighted by atomic mass is 9.84. The van der Waals surface area contributed by atoms with Gasteiger partial charge in [0.1, 0.15) is 18.1 Å². The van der Waals surface area contributed by atoms with E-state index in [-0.39, 0.29) is 5.56 Å². The van der Waals surface area contributed by atoms with Gasteiger partial charge in [-0.1, -0.05) is 24.3 Å². The maximum absolute atomic E-state index is 12.6. The highest BCUT2D eigenvalue weighted by atomic mass is 32.2. The minimum Gasteiger partial charge on any atom is -0.480 e. The van der Waals surface area contributed by atoms with E-state index in [1.54, 1.807) is 39.8 Å². The molecule has 0 aliphatic carbocycles. The molecule has 2 aliphatic rings. The van der Waals surface area contributed by atoms with Crippen LogP contribution in [0.5, 0.6) is 0 Å². The molecule has 0 aromatic heterocycles. The van der Waals surface area contributed by atoms with E-state index in [0.29, 0.717) is 5.56 Å². The van der Waals surface area contributed by atoms with Crippen molar-refractivity contribution in [2.75, 3.05) is 0 Å². The van der Waals surface area contributed by atoms with Crippen LogP contribution in [0.25, 0.3) is 0 Å². The first-order valence-corrected chi connectivity index (χ1v) is 9.52. The van der Waals surface area contributed by atoms with E-state index in [9.17, 15) is 29.7 Å². The molecule has 1 aromatic carbocycles. The normalized spacial score (nSPS) is 27.7. The summed E-state index contributed by atoms with van der Waals surface area (Å²) in [6.07, 6.45) is -1.54. The summed E-state index contributed by atoms with van der Waals surface area (Å²) in [7, 11) is 0. The van der Waals surface area contributed by atoms with Crippen LogP contribution in [0, 0.1) is 5.92 Å². The molecule has 1 aromatic rings. The molecule has 0 spiro atoms. The number of amides is 1. The van der Waals surface area contributed by atoms with Gasteiger partial charge in [0.2, 0.25) is 5.91 Å². The Morgan fingerprint density at radius 1 is 1.22 bits per heavy atom. The number of ketones is 1. The molecular weight excluding hydrogens is 370 g/mol. The van der Waals surface area contributed by atoms with E-state index in [4.69, 9.17) is 0 Å². The lowest BCUT2D eigenvalue weighted by Gasteiger charge is -2.45. The van der Waals surface area contributed by atoms with Crippen LogP contribution in [-0.2, 0) is 15.2 Å². The van der Waals surface area contributed by atoms with Crippen LogP contribution in [0.1, 0.15) is 43.6 Å². The topological polar surface area (TPSA) is 115 Å². The van der Waals surface area contributed by atoms with Crippen molar-refractivity contribution in [1.29, 1.82) is 0 Å². The van der Waals surface area contributed by atoms with Gasteiger partial charge < -0.3 is 20.2 Å². The highest BCUT2D eigenvalue weighted by molar-refractivity contribution is 8.01. The minimum absolute atomic E-state index is 0.235. The number of aliphatic hydroxyl groups is 2. The van der Waals surface area contributed by atoms with Crippen molar-refractivity contribution in [2.45, 2.75) is 55.6 Å². The summed E-state index contributed by atoms with van der Waals surface area (Å²) in [5.74, 6) is -3.16. The van der Waals surface area contributed by atoms with Gasteiger partial charge in [0.25, 0.3) is 0 Å². The summed E-state index contributed by atoms with van der Waals surface area (Å²) >= 11 is 1.29. The second-order valence-electron chi connectivity index (χ2n) is 8.07. The predicted molar refractivity (Wildman–Crippen MR) is 99.2 cm³/mol. The van der Waals surface area contributed by atoms with Crippen molar-refractivity contribution in [3.63, 3.8) is 0 Å². The zero-order valence-electron chi connectivity index (χ0n) is 15.5. The van der Waals surface area contributed by atoms with E-state index in [2.05, 4.69) is 0 Å². The van der Waals surface area contributed by atoms with Gasteiger partial charge in [-0.05, 0) is 33.3 Å². The van der Waals surface area contributed by atoms with Crippen LogP contribution in [-0.4, -0.2) is 60.1 Å². The summed E-state index contributed by atoms with van der Waals surface area (Å²) in [5, 5.41) is 29.4. The Morgan fingerprint density at radius 3 is 2.26 bits per heavy atom. The minimum atomic E-state index is -1.54. The lowest BCUT2D eigenvalue weighted by molar-refractivity contribution is -0.167. The Labute approximate surface area is 161 Å². The maximum Gasteiger partial charge on any atom is 0.327 e. The van der Waals surface area contributed by atoms with Crippen molar-refractivity contribution < 1.29 is 29.7 Å². The number of aliphatic carboxylic acids is 1. The number of rotatable bonds is 5. The fourth-order valence-corrected chi connectivity index (χ4v) is 5.43. The predicted octanol–water partition coefficient (Wildman–Crippen LogP) is 1.22. The molecule has 0 radical (unpaired) electrons. The molecule has 2 fully saturated rings. The molecule has 2 heterocycles. The molecular formula is C19H23NO6S. The van der Waals surface area contributed by atoms with Crippen LogP contribution < -0.4 is 0 Å². The van der Waals surface area contributed by atoms with Gasteiger partial charge in [0.05, 0.1) is 11.0 Å². The van der Waals surface area contributed by atoms with Crippen LogP contribution in [0.4, 0.5) is 0 Å². The number of carbonyl (C=O) groups excluding carboxylic acids is 2. The zero-order valence-corrected chi connectivity index (χ0v) is 16.4. The van der Waals surface area contributed by atoms with Crippen LogP contribution in [0.3, 0.4) is 0 Å². The Hall–Kier alpha value is -1.90. The van der Waals surface area contributed by atoms with Crippen molar-refractivity contribution in [1.82, 2.24) is 4.90 Å². The molecule has 1 amide bonds. The number of hydrogen-bond donors (Lipinski definition) is 3. The zero-order chi connectivity index (χ0) is 20.3. The molecule has 27 heavy (non-hydrogen) atoms. The average molecular weight is 393 g/mol. The van der Waals surface area contributed by atoms with Crippen LogP contribution in [0.2, 0.25) is 0 Å². The van der Waals surface area contributed by atoms with E-state index in [1.807, 2.05) is 0 Å². The van der Waals surface area contributed by atoms with Gasteiger partial charge in [0.15, 0.2) is 5.78 Å². The summed E-state index contributed by atoms with van der Waals surface area (Å²) < 4.78 is -0.710. The quantitative estimate of drug-likeness (QED) is 0.509. The van der Waals surface area contributed by atoms with Crippen molar-refractivity contribution in [2.24, 2.45) is 5.92 Å². The van der Waals surface area contributed by atoms with Gasteiger partial charge in [-0.2, -0.15) is 0 Å². The smallest absolute Gasteiger partial charge is 0.327 e. The molecule has 3 N–H and O–H groups in total. The van der Waals surface area contributed by atoms with Crippen LogP contribution in [0.15, 0.2) is 24.3 Å². The molecule has 0 saturated carbocycles. The monoisotopic (exact) mass is 393 g/mol. The first kappa shape index (κ1) is 19.9. The van der Waals surface area contributed by atoms with Gasteiger partial charge in [-0.3, -0.25) is 9.59 Å². The number of fused-ring (bicyclic) bond motifs is 1. The molecule has 2 saturated heterocycles. The lowest BCUT2D eigenvalue weighted by Crippen LogP contribution is -2.66. The van der Waals surface area contributed by atoms with Gasteiger partial charge >= 0.3 is 5.97 Å². The number of benzene rings is 1. The molecule has 146 valence electrons. The third kappa shape index (κ3) is 3.15. The Kier molecular flexibility index (Phi) is 4.65. The number of β-lactam (4-membered cyclic amide) rings is 1. The first-order chi connectivity index (χ1) is 12.4. The van der Waals surface area contributed by atoms with E-state index < -0.39 is 51.4 Å². The fourth-order valence-electron chi connectivity index (χ4n) is 3.71. The van der Waals surface area contributed by atoms with E-state index >= 15 is 0 Å². The fraction of sp³-hybridized carbons (Fsp3) is 0.526. The Bertz CT molecular complexity index is 797. The van der Waals surface area contributed by atoms with Crippen molar-refractivity contribution >= 4 is 29.4 Å². The highest BCUT2D eigenvalue weighted by Crippen LogP contribution is 2.54. The maximum atomic E-state index is 12.6. The summed E-state index contributed by atoms with van der Waals surface area (Å²) in [6.45, 7) is 6.72. The number of nitrogens with zero attached hydrogens (tertiary/aromatic N) is 1. The van der Waals surface area contributed by atoms with Crippen molar-refractivity contribution in [3.8, 4) is 0 Å². The number of carboxylic acids is 1. The number of aliphatic hydroxyl groups excluding tert-OH is 1. The second kappa shape index (κ2) is 6.32. The van der Waals surface area contributed by atoms with Gasteiger partial charge in [-0.25, -0.2) is 4.79 Å². The third-order valence-corrected chi connectivity index (χ3v) is 6.79. The highest BCUT2D eigenvalue weighted by Gasteiger charge is 2.65. The second-order valence-corrected chi connectivity index (χ2v) is 9.84. The number of carbonyl (C=O) groups is 3. The number of hydrogen-bond acceptors (Lipinski definition) is 6. The summed E-state index contributed by atoms with van der Waals surface area (Å²) in [5.41, 5.74) is -0.196. The van der Waals surface area contributed by atoms with Gasteiger partial charge in [0, 0.05) is 10.3 Å². The average Bonchev–Trinajstić information content (AvgIpc) is 2.81. The SMILES string of the molecule is CC(C)(O)c1ccc(C(=O)[C@@H](O)[C@@H]2C(=O)N3[C@@H]2SC(C)(C)[C@@H]3C(=O)O)cc1. The molecule has 7 nitrogen and oxygen atoms in total. The van der Waals surface area contributed by atoms with Gasteiger partial charge in [-0.15, -0.1) is 11.8 Å². The molecule has 2 aliphatic heterocycles. The molecule has 8 heteroatoms. The first-order valence-electron chi connectivity index (χ1n) is 8.64. The number of Topliss-reactive ketones (excluding diaryl/α,β-unsaturated/α-hetero) is 1. The summed E-state index contributed by atoms with van der Waals surface area (Å²) in [4.78, 5) is 38.0. The largest absolute Gasteiger partial charge is 0.480 e. The van der Waals surface area contributed by atoms with Crippen LogP contribution >= 0.6 is 11.8 Å². The number of carboxylic acid groups (broad SMARTS) is 1. The Balaban J connectivity index is 1.79. The third-order valence-electron chi connectivity index (χ3n) is 5.20. The number of thioether (sulfide) groups is 1. The molecule has 3 rings (SSSR count). The standard InChI is InChI=1S/C19H23NO6S/c1-18(2,26)10-7-5-9(6-8-10)12(21)13(22)11-15(23)20-14(17(24)25)19(3,4)27-16(11)20/h5-8,11,13-14,16,22,26H,1-4H3,(H,24,25)/t11-,13+,14+,16-/m1/s1. The van der Waals surface area contributed by atoms with E-state index in [1.165, 1.54) is 28.8 Å². The molecule has 4 atom stereocenters. The summed E-state index contributed by atoms with van der Waals surface area (Å²) in [6, 6.07) is 5.23. The van der Waals surface area contributed by atoms with E-state index in [0.717, 1.165) is 0 Å².